The van der Waals surface area contributed by atoms with Gasteiger partial charge in [-0.3, -0.25) is 0 Å². The highest BCUT2D eigenvalue weighted by atomic mass is 35.5. The van der Waals surface area contributed by atoms with Crippen molar-refractivity contribution in [3.05, 3.63) is 28.8 Å². The van der Waals surface area contributed by atoms with Crippen LogP contribution < -0.4 is 4.74 Å². The molecule has 102 valence electrons. The number of methoxy groups -OCH3 is 1. The molecule has 1 rings (SSSR count). The molecular weight excluding hydrogens is 276 g/mol. The van der Waals surface area contributed by atoms with Crippen molar-refractivity contribution in [2.45, 2.75) is 18.9 Å². The maximum atomic E-state index is 11.0. The highest BCUT2D eigenvalue weighted by Gasteiger charge is 2.11. The quantitative estimate of drug-likeness (QED) is 0.873. The molecule has 1 aromatic carbocycles. The summed E-state index contributed by atoms with van der Waals surface area (Å²) in [5.74, 6) is 0.622. The molecule has 0 bridgehead atoms. The van der Waals surface area contributed by atoms with Crippen molar-refractivity contribution in [3.63, 3.8) is 0 Å². The number of sulfone groups is 1. The Bertz CT molecular complexity index is 499. The van der Waals surface area contributed by atoms with Crippen molar-refractivity contribution in [3.8, 4) is 5.75 Å². The number of rotatable bonds is 6. The molecule has 18 heavy (non-hydrogen) atoms. The Morgan fingerprint density at radius 1 is 1.44 bits per heavy atom. The summed E-state index contributed by atoms with van der Waals surface area (Å²) < 4.78 is 26.9. The second-order valence-corrected chi connectivity index (χ2v) is 6.85. The molecular formula is C12H17ClO4S. The molecule has 4 nitrogen and oxygen atoms in total. The summed E-state index contributed by atoms with van der Waals surface area (Å²) in [5, 5.41) is 10.3. The Hall–Kier alpha value is -0.780. The van der Waals surface area contributed by atoms with Gasteiger partial charge in [0.15, 0.2) is 0 Å². The summed E-state index contributed by atoms with van der Waals surface area (Å²) in [6, 6.07) is 5.03. The number of benzene rings is 1. The van der Waals surface area contributed by atoms with E-state index >= 15 is 0 Å². The van der Waals surface area contributed by atoms with Gasteiger partial charge >= 0.3 is 0 Å². The highest BCUT2D eigenvalue weighted by Crippen LogP contribution is 2.29. The summed E-state index contributed by atoms with van der Waals surface area (Å²) in [6.07, 6.45) is 1.28. The molecule has 0 spiro atoms. The van der Waals surface area contributed by atoms with Gasteiger partial charge in [0.05, 0.1) is 18.2 Å². The molecule has 1 aromatic rings. The lowest BCUT2D eigenvalue weighted by atomic mass is 10.1. The smallest absolute Gasteiger partial charge is 0.147 e. The molecule has 1 N–H and O–H groups in total. The third-order valence-electron chi connectivity index (χ3n) is 2.55. The molecule has 1 atom stereocenters. The third kappa shape index (κ3) is 4.84. The van der Waals surface area contributed by atoms with Gasteiger partial charge in [-0.25, -0.2) is 8.42 Å². The molecule has 6 heteroatoms. The van der Waals surface area contributed by atoms with Gasteiger partial charge in [0.25, 0.3) is 0 Å². The summed E-state index contributed by atoms with van der Waals surface area (Å²) in [5.41, 5.74) is 0.661. The maximum absolute atomic E-state index is 11.0. The minimum absolute atomic E-state index is 0.0773. The van der Waals surface area contributed by atoms with E-state index in [0.717, 1.165) is 0 Å². The van der Waals surface area contributed by atoms with Crippen LogP contribution in [0.15, 0.2) is 18.2 Å². The van der Waals surface area contributed by atoms with E-state index in [1.165, 1.54) is 13.4 Å². The minimum atomic E-state index is -2.98. The Morgan fingerprint density at radius 3 is 2.61 bits per heavy atom. The molecule has 0 aliphatic carbocycles. The molecule has 0 saturated carbocycles. The first-order valence-corrected chi connectivity index (χ1v) is 7.96. The van der Waals surface area contributed by atoms with Crippen molar-refractivity contribution in [1.82, 2.24) is 0 Å². The van der Waals surface area contributed by atoms with E-state index in [0.29, 0.717) is 29.2 Å². The Kier molecular flexibility index (Phi) is 5.44. The van der Waals surface area contributed by atoms with Gasteiger partial charge in [0.2, 0.25) is 0 Å². The number of halogens is 1. The molecule has 0 aromatic heterocycles. The summed E-state index contributed by atoms with van der Waals surface area (Å²) >= 11 is 5.95. The zero-order chi connectivity index (χ0) is 13.8. The van der Waals surface area contributed by atoms with Crippen molar-refractivity contribution in [2.75, 3.05) is 19.1 Å². The van der Waals surface area contributed by atoms with Gasteiger partial charge in [0, 0.05) is 12.0 Å². The topological polar surface area (TPSA) is 63.6 Å². The van der Waals surface area contributed by atoms with E-state index in [2.05, 4.69) is 0 Å². The van der Waals surface area contributed by atoms with Crippen LogP contribution in [0.5, 0.6) is 5.75 Å². The van der Waals surface area contributed by atoms with Crippen LogP contribution in [-0.4, -0.2) is 32.6 Å². The van der Waals surface area contributed by atoms with Crippen LogP contribution >= 0.6 is 11.6 Å². The second kappa shape index (κ2) is 6.41. The first-order valence-electron chi connectivity index (χ1n) is 5.52. The predicted molar refractivity (Wildman–Crippen MR) is 71.9 cm³/mol. The van der Waals surface area contributed by atoms with Gasteiger partial charge in [-0.1, -0.05) is 17.7 Å². The van der Waals surface area contributed by atoms with Gasteiger partial charge in [-0.15, -0.1) is 0 Å². The van der Waals surface area contributed by atoms with Crippen LogP contribution in [0, 0.1) is 0 Å². The first-order chi connectivity index (χ1) is 8.33. The number of hydrogen-bond donors (Lipinski definition) is 1. The van der Waals surface area contributed by atoms with Crippen molar-refractivity contribution in [2.24, 2.45) is 0 Å². The predicted octanol–water partition coefficient (Wildman–Crippen LogP) is 2.21. The molecule has 0 aliphatic rings. The Balaban J connectivity index is 2.62. The minimum Gasteiger partial charge on any atom is -0.495 e. The van der Waals surface area contributed by atoms with Crippen LogP contribution in [0.4, 0.5) is 0 Å². The van der Waals surface area contributed by atoms with Crippen LogP contribution in [0.2, 0.25) is 5.02 Å². The van der Waals surface area contributed by atoms with Crippen LogP contribution in [0.25, 0.3) is 0 Å². The van der Waals surface area contributed by atoms with E-state index in [-0.39, 0.29) is 5.75 Å². The Labute approximate surface area is 112 Å². The van der Waals surface area contributed by atoms with Crippen molar-refractivity contribution in [1.29, 1.82) is 0 Å². The number of ether oxygens (including phenoxy) is 1. The van der Waals surface area contributed by atoms with E-state index in [9.17, 15) is 13.5 Å². The van der Waals surface area contributed by atoms with Crippen molar-refractivity contribution < 1.29 is 18.3 Å². The fourth-order valence-corrected chi connectivity index (χ4v) is 2.55. The van der Waals surface area contributed by atoms with E-state index in [4.69, 9.17) is 16.3 Å². The molecule has 0 amide bonds. The van der Waals surface area contributed by atoms with E-state index in [1.54, 1.807) is 18.2 Å². The highest BCUT2D eigenvalue weighted by molar-refractivity contribution is 7.90. The molecule has 0 fully saturated rings. The standard InChI is InChI=1S/C12H17ClO4S/c1-17-12-6-5-9(8-10(12)13)11(14)4-3-7-18(2,15)16/h5-6,8,11,14H,3-4,7H2,1-2H3. The number of aliphatic hydroxyl groups is 1. The van der Waals surface area contributed by atoms with Gasteiger partial charge < -0.3 is 9.84 Å². The molecule has 0 heterocycles. The van der Waals surface area contributed by atoms with Crippen LogP contribution in [-0.2, 0) is 9.84 Å². The van der Waals surface area contributed by atoms with Gasteiger partial charge in [-0.2, -0.15) is 0 Å². The molecule has 0 saturated heterocycles. The van der Waals surface area contributed by atoms with Crippen LogP contribution in [0.3, 0.4) is 0 Å². The average molecular weight is 293 g/mol. The summed E-state index contributed by atoms with van der Waals surface area (Å²) in [6.45, 7) is 0. The fourth-order valence-electron chi connectivity index (χ4n) is 1.60. The third-order valence-corrected chi connectivity index (χ3v) is 3.88. The number of hydrogen-bond acceptors (Lipinski definition) is 4. The summed E-state index contributed by atoms with van der Waals surface area (Å²) in [4.78, 5) is 0. The molecule has 0 aliphatic heterocycles. The normalized spacial score (nSPS) is 13.3. The molecule has 1 unspecified atom stereocenters. The summed E-state index contributed by atoms with van der Waals surface area (Å²) in [7, 11) is -1.46. The largest absolute Gasteiger partial charge is 0.495 e. The zero-order valence-electron chi connectivity index (χ0n) is 10.4. The first kappa shape index (κ1) is 15.3. The Morgan fingerprint density at radius 2 is 2.11 bits per heavy atom. The number of aliphatic hydroxyl groups excluding tert-OH is 1. The second-order valence-electron chi connectivity index (χ2n) is 4.18. The SMILES string of the molecule is COc1ccc(C(O)CCCS(C)(=O)=O)cc1Cl. The zero-order valence-corrected chi connectivity index (χ0v) is 12.0. The fraction of sp³-hybridized carbons (Fsp3) is 0.500. The van der Waals surface area contributed by atoms with Crippen LogP contribution in [0.1, 0.15) is 24.5 Å². The van der Waals surface area contributed by atoms with E-state index < -0.39 is 15.9 Å². The van der Waals surface area contributed by atoms with E-state index in [1.807, 2.05) is 0 Å². The van der Waals surface area contributed by atoms with Gasteiger partial charge in [-0.05, 0) is 30.5 Å². The lowest BCUT2D eigenvalue weighted by Gasteiger charge is -2.12. The maximum Gasteiger partial charge on any atom is 0.147 e. The lowest BCUT2D eigenvalue weighted by Crippen LogP contribution is -2.05. The lowest BCUT2D eigenvalue weighted by molar-refractivity contribution is 0.166. The molecule has 0 radical (unpaired) electrons. The van der Waals surface area contributed by atoms with Gasteiger partial charge in [0.1, 0.15) is 15.6 Å². The van der Waals surface area contributed by atoms with Crippen molar-refractivity contribution >= 4 is 21.4 Å². The monoisotopic (exact) mass is 292 g/mol. The average Bonchev–Trinajstić information content (AvgIpc) is 2.27.